The SMILES string of the molecule is COc1ccc(Nc2ccc(NS(=O)(=O)c3ccc(OC)cc3)nc2)cc1. The second-order valence-electron chi connectivity index (χ2n) is 5.57. The van der Waals surface area contributed by atoms with Crippen LogP contribution in [-0.2, 0) is 10.0 Å². The van der Waals surface area contributed by atoms with Crippen LogP contribution in [0.4, 0.5) is 17.2 Å². The van der Waals surface area contributed by atoms with Crippen LogP contribution >= 0.6 is 0 Å². The maximum absolute atomic E-state index is 12.4. The third-order valence-corrected chi connectivity index (χ3v) is 5.12. The second-order valence-corrected chi connectivity index (χ2v) is 7.25. The Balaban J connectivity index is 1.68. The average Bonchev–Trinajstić information content (AvgIpc) is 2.70. The van der Waals surface area contributed by atoms with E-state index < -0.39 is 10.0 Å². The zero-order chi connectivity index (χ0) is 19.3. The standard InChI is InChI=1S/C19H19N3O4S/c1-25-16-6-3-14(4-7-16)21-15-5-12-19(20-13-15)22-27(23,24)18-10-8-17(26-2)9-11-18/h3-13,21H,1-2H3,(H,20,22). The number of pyridine rings is 1. The molecule has 7 nitrogen and oxygen atoms in total. The lowest BCUT2D eigenvalue weighted by Crippen LogP contribution is -2.13. The van der Waals surface area contributed by atoms with E-state index in [1.807, 2.05) is 24.3 Å². The Morgan fingerprint density at radius 1 is 0.778 bits per heavy atom. The van der Waals surface area contributed by atoms with Crippen LogP contribution in [0.2, 0.25) is 0 Å². The molecule has 0 aliphatic heterocycles. The molecule has 0 fully saturated rings. The van der Waals surface area contributed by atoms with Crippen LogP contribution in [0.3, 0.4) is 0 Å². The van der Waals surface area contributed by atoms with Gasteiger partial charge < -0.3 is 14.8 Å². The Morgan fingerprint density at radius 2 is 1.33 bits per heavy atom. The number of aromatic nitrogens is 1. The van der Waals surface area contributed by atoms with Gasteiger partial charge in [-0.25, -0.2) is 13.4 Å². The summed E-state index contributed by atoms with van der Waals surface area (Å²) in [5, 5.41) is 3.18. The number of methoxy groups -OCH3 is 2. The van der Waals surface area contributed by atoms with Crippen molar-refractivity contribution in [3.05, 3.63) is 66.9 Å². The molecule has 0 saturated carbocycles. The average molecular weight is 385 g/mol. The summed E-state index contributed by atoms with van der Waals surface area (Å²) in [5.41, 5.74) is 1.59. The highest BCUT2D eigenvalue weighted by Crippen LogP contribution is 2.22. The maximum Gasteiger partial charge on any atom is 0.263 e. The van der Waals surface area contributed by atoms with Gasteiger partial charge in [0.2, 0.25) is 0 Å². The first-order valence-corrected chi connectivity index (χ1v) is 9.52. The van der Waals surface area contributed by atoms with Crippen molar-refractivity contribution in [1.29, 1.82) is 0 Å². The summed E-state index contributed by atoms with van der Waals surface area (Å²) in [6, 6.07) is 16.9. The second kappa shape index (κ2) is 7.96. The van der Waals surface area contributed by atoms with Crippen molar-refractivity contribution in [2.45, 2.75) is 4.90 Å². The van der Waals surface area contributed by atoms with Gasteiger partial charge in [0.25, 0.3) is 10.0 Å². The van der Waals surface area contributed by atoms with E-state index in [4.69, 9.17) is 9.47 Å². The topological polar surface area (TPSA) is 89.6 Å². The highest BCUT2D eigenvalue weighted by atomic mass is 32.2. The molecule has 0 aliphatic rings. The van der Waals surface area contributed by atoms with E-state index >= 15 is 0 Å². The third kappa shape index (κ3) is 4.68. The fourth-order valence-electron chi connectivity index (χ4n) is 2.32. The van der Waals surface area contributed by atoms with E-state index in [0.29, 0.717) is 5.75 Å². The first kappa shape index (κ1) is 18.5. The van der Waals surface area contributed by atoms with Gasteiger partial charge in [-0.05, 0) is 60.7 Å². The van der Waals surface area contributed by atoms with Crippen molar-refractivity contribution < 1.29 is 17.9 Å². The van der Waals surface area contributed by atoms with Crippen molar-refractivity contribution in [3.8, 4) is 11.5 Å². The molecule has 140 valence electrons. The summed E-state index contributed by atoms with van der Waals surface area (Å²) >= 11 is 0. The van der Waals surface area contributed by atoms with Crippen LogP contribution in [0.1, 0.15) is 0 Å². The lowest BCUT2D eigenvalue weighted by molar-refractivity contribution is 0.414. The van der Waals surface area contributed by atoms with Gasteiger partial charge in [0.15, 0.2) is 0 Å². The van der Waals surface area contributed by atoms with Crippen LogP contribution in [0, 0.1) is 0 Å². The van der Waals surface area contributed by atoms with Gasteiger partial charge in [0, 0.05) is 5.69 Å². The Labute approximate surface area is 158 Å². The van der Waals surface area contributed by atoms with Crippen molar-refractivity contribution in [2.75, 3.05) is 24.3 Å². The molecule has 8 heteroatoms. The molecule has 2 aromatic carbocycles. The van der Waals surface area contributed by atoms with Crippen LogP contribution in [0.25, 0.3) is 0 Å². The molecule has 2 N–H and O–H groups in total. The quantitative estimate of drug-likeness (QED) is 0.645. The van der Waals surface area contributed by atoms with Crippen molar-refractivity contribution in [1.82, 2.24) is 4.98 Å². The van der Waals surface area contributed by atoms with Gasteiger partial charge in [0.05, 0.1) is 31.0 Å². The van der Waals surface area contributed by atoms with Crippen molar-refractivity contribution >= 4 is 27.2 Å². The summed E-state index contributed by atoms with van der Waals surface area (Å²) < 4.78 is 37.4. The number of hydrogen-bond acceptors (Lipinski definition) is 6. The highest BCUT2D eigenvalue weighted by Gasteiger charge is 2.14. The van der Waals surface area contributed by atoms with Crippen LogP contribution in [-0.4, -0.2) is 27.6 Å². The fraction of sp³-hybridized carbons (Fsp3) is 0.105. The fourth-order valence-corrected chi connectivity index (χ4v) is 3.33. The molecule has 1 aromatic heterocycles. The molecule has 0 aliphatic carbocycles. The van der Waals surface area contributed by atoms with E-state index in [1.165, 1.54) is 19.2 Å². The zero-order valence-corrected chi connectivity index (χ0v) is 15.7. The number of ether oxygens (including phenoxy) is 2. The summed E-state index contributed by atoms with van der Waals surface area (Å²) in [6.45, 7) is 0. The van der Waals surface area contributed by atoms with E-state index in [-0.39, 0.29) is 10.7 Å². The van der Waals surface area contributed by atoms with E-state index in [2.05, 4.69) is 15.0 Å². The van der Waals surface area contributed by atoms with E-state index in [9.17, 15) is 8.42 Å². The molecule has 27 heavy (non-hydrogen) atoms. The molecule has 0 unspecified atom stereocenters. The van der Waals surface area contributed by atoms with E-state index in [1.54, 1.807) is 37.6 Å². The molecular formula is C19H19N3O4S. The molecule has 3 rings (SSSR count). The summed E-state index contributed by atoms with van der Waals surface area (Å²) in [6.07, 6.45) is 1.55. The Hall–Kier alpha value is -3.26. The van der Waals surface area contributed by atoms with Crippen molar-refractivity contribution in [3.63, 3.8) is 0 Å². The smallest absolute Gasteiger partial charge is 0.263 e. The minimum atomic E-state index is -3.72. The largest absolute Gasteiger partial charge is 0.497 e. The molecular weight excluding hydrogens is 366 g/mol. The van der Waals surface area contributed by atoms with Crippen LogP contribution in [0.5, 0.6) is 11.5 Å². The molecule has 1 heterocycles. The first-order valence-electron chi connectivity index (χ1n) is 8.04. The molecule has 0 atom stereocenters. The third-order valence-electron chi connectivity index (χ3n) is 3.75. The normalized spacial score (nSPS) is 10.9. The number of benzene rings is 2. The molecule has 0 bridgehead atoms. The molecule has 0 saturated heterocycles. The monoisotopic (exact) mass is 385 g/mol. The van der Waals surface area contributed by atoms with E-state index in [0.717, 1.165) is 17.1 Å². The van der Waals surface area contributed by atoms with Gasteiger partial charge >= 0.3 is 0 Å². The highest BCUT2D eigenvalue weighted by molar-refractivity contribution is 7.92. The van der Waals surface area contributed by atoms with Gasteiger partial charge in [-0.1, -0.05) is 0 Å². The summed E-state index contributed by atoms with van der Waals surface area (Å²) in [5.74, 6) is 1.58. The Morgan fingerprint density at radius 3 is 1.85 bits per heavy atom. The predicted molar refractivity (Wildman–Crippen MR) is 104 cm³/mol. The molecule has 0 radical (unpaired) electrons. The van der Waals surface area contributed by atoms with Crippen molar-refractivity contribution in [2.24, 2.45) is 0 Å². The molecule has 3 aromatic rings. The van der Waals surface area contributed by atoms with Crippen LogP contribution < -0.4 is 19.5 Å². The summed E-state index contributed by atoms with van der Waals surface area (Å²) in [4.78, 5) is 4.28. The van der Waals surface area contributed by atoms with Gasteiger partial charge in [-0.15, -0.1) is 0 Å². The number of nitrogens with one attached hydrogen (secondary N) is 2. The zero-order valence-electron chi connectivity index (χ0n) is 14.8. The van der Waals surface area contributed by atoms with Crippen LogP contribution in [0.15, 0.2) is 71.8 Å². The minimum Gasteiger partial charge on any atom is -0.497 e. The van der Waals surface area contributed by atoms with Gasteiger partial charge in [-0.3, -0.25) is 4.72 Å². The van der Waals surface area contributed by atoms with Gasteiger partial charge in [0.1, 0.15) is 17.3 Å². The molecule has 0 amide bonds. The number of hydrogen-bond donors (Lipinski definition) is 2. The summed E-state index contributed by atoms with van der Waals surface area (Å²) in [7, 11) is -0.590. The molecule has 0 spiro atoms. The number of rotatable bonds is 7. The minimum absolute atomic E-state index is 0.130. The maximum atomic E-state index is 12.4. The van der Waals surface area contributed by atoms with Gasteiger partial charge in [-0.2, -0.15) is 0 Å². The number of sulfonamides is 1. The Bertz CT molecular complexity index is 987. The lowest BCUT2D eigenvalue weighted by Gasteiger charge is -2.10. The first-order chi connectivity index (χ1) is 13.0. The number of anilines is 3. The lowest BCUT2D eigenvalue weighted by atomic mass is 10.3. The number of nitrogens with zero attached hydrogens (tertiary/aromatic N) is 1. The predicted octanol–water partition coefficient (Wildman–Crippen LogP) is 3.64. The Kier molecular flexibility index (Phi) is 5.46.